The number of nitrogen functional groups attached to an aromatic ring is 1. The van der Waals surface area contributed by atoms with Crippen molar-refractivity contribution in [3.05, 3.63) is 29.8 Å². The molecule has 4 nitrogen and oxygen atoms in total. The minimum atomic E-state index is -0.309. The van der Waals surface area contributed by atoms with Gasteiger partial charge in [0.05, 0.1) is 5.56 Å². The van der Waals surface area contributed by atoms with E-state index in [9.17, 15) is 4.79 Å². The molecule has 0 amide bonds. The van der Waals surface area contributed by atoms with Gasteiger partial charge in [-0.2, -0.15) is 0 Å². The van der Waals surface area contributed by atoms with Crippen molar-refractivity contribution >= 4 is 11.7 Å². The second-order valence-corrected chi connectivity index (χ2v) is 6.07. The van der Waals surface area contributed by atoms with Gasteiger partial charge < -0.3 is 15.8 Å². The number of carbonyl (C=O) groups excluding carboxylic acids is 1. The summed E-state index contributed by atoms with van der Waals surface area (Å²) in [7, 11) is 0. The van der Waals surface area contributed by atoms with Crippen LogP contribution in [0.25, 0.3) is 0 Å². The SMILES string of the molecule is CCCCCCNC(C)(C)COC(=O)c1ccc(N)cc1. The highest BCUT2D eigenvalue weighted by Crippen LogP contribution is 2.10. The summed E-state index contributed by atoms with van der Waals surface area (Å²) in [5.41, 5.74) is 6.55. The molecule has 21 heavy (non-hydrogen) atoms. The highest BCUT2D eigenvalue weighted by atomic mass is 16.5. The van der Waals surface area contributed by atoms with Gasteiger partial charge in [0, 0.05) is 11.2 Å². The predicted molar refractivity (Wildman–Crippen MR) is 87.4 cm³/mol. The summed E-state index contributed by atoms with van der Waals surface area (Å²) in [6.07, 6.45) is 4.91. The lowest BCUT2D eigenvalue weighted by atomic mass is 10.1. The molecular weight excluding hydrogens is 264 g/mol. The Morgan fingerprint density at radius 1 is 1.19 bits per heavy atom. The first kappa shape index (κ1) is 17.5. The van der Waals surface area contributed by atoms with Gasteiger partial charge in [0.15, 0.2) is 0 Å². The Bertz CT molecular complexity index is 427. The molecular formula is C17H28N2O2. The summed E-state index contributed by atoms with van der Waals surface area (Å²) in [6.45, 7) is 7.59. The number of esters is 1. The van der Waals surface area contributed by atoms with E-state index in [1.807, 2.05) is 13.8 Å². The maximum atomic E-state index is 11.9. The maximum absolute atomic E-state index is 11.9. The summed E-state index contributed by atoms with van der Waals surface area (Å²) in [5.74, 6) is -0.309. The van der Waals surface area contributed by atoms with Crippen molar-refractivity contribution in [1.29, 1.82) is 0 Å². The molecule has 0 unspecified atom stereocenters. The molecule has 0 atom stereocenters. The monoisotopic (exact) mass is 292 g/mol. The molecule has 0 aliphatic rings. The molecule has 0 saturated heterocycles. The van der Waals surface area contributed by atoms with Crippen molar-refractivity contribution in [2.24, 2.45) is 0 Å². The van der Waals surface area contributed by atoms with Crippen LogP contribution in [-0.2, 0) is 4.74 Å². The number of nitrogens with one attached hydrogen (secondary N) is 1. The molecule has 0 fully saturated rings. The fourth-order valence-electron chi connectivity index (χ4n) is 1.98. The number of carbonyl (C=O) groups is 1. The molecule has 1 aromatic rings. The molecule has 118 valence electrons. The Balaban J connectivity index is 2.31. The van der Waals surface area contributed by atoms with Crippen LogP contribution in [0.2, 0.25) is 0 Å². The Kier molecular flexibility index (Phi) is 7.23. The molecule has 0 aliphatic heterocycles. The van der Waals surface area contributed by atoms with Gasteiger partial charge in [0.25, 0.3) is 0 Å². The van der Waals surface area contributed by atoms with E-state index in [4.69, 9.17) is 10.5 Å². The largest absolute Gasteiger partial charge is 0.460 e. The molecule has 0 aliphatic carbocycles. The first-order valence-corrected chi connectivity index (χ1v) is 7.72. The number of benzene rings is 1. The zero-order chi connectivity index (χ0) is 15.7. The van der Waals surface area contributed by atoms with Gasteiger partial charge in [-0.25, -0.2) is 4.79 Å². The summed E-state index contributed by atoms with van der Waals surface area (Å²) < 4.78 is 5.37. The molecule has 0 bridgehead atoms. The zero-order valence-corrected chi connectivity index (χ0v) is 13.4. The highest BCUT2D eigenvalue weighted by Gasteiger charge is 2.19. The number of anilines is 1. The molecule has 0 heterocycles. The Morgan fingerprint density at radius 3 is 2.48 bits per heavy atom. The number of unbranched alkanes of at least 4 members (excludes halogenated alkanes) is 3. The lowest BCUT2D eigenvalue weighted by Crippen LogP contribution is -2.44. The van der Waals surface area contributed by atoms with Crippen molar-refractivity contribution < 1.29 is 9.53 Å². The highest BCUT2D eigenvalue weighted by molar-refractivity contribution is 5.89. The van der Waals surface area contributed by atoms with Gasteiger partial charge in [-0.1, -0.05) is 26.2 Å². The molecule has 0 saturated carbocycles. The Morgan fingerprint density at radius 2 is 1.86 bits per heavy atom. The van der Waals surface area contributed by atoms with E-state index in [-0.39, 0.29) is 11.5 Å². The van der Waals surface area contributed by atoms with Crippen LogP contribution in [0.15, 0.2) is 24.3 Å². The molecule has 1 aromatic carbocycles. The van der Waals surface area contributed by atoms with Crippen LogP contribution in [0.4, 0.5) is 5.69 Å². The fraction of sp³-hybridized carbons (Fsp3) is 0.588. The van der Waals surface area contributed by atoms with Gasteiger partial charge in [0.2, 0.25) is 0 Å². The van der Waals surface area contributed by atoms with E-state index in [1.165, 1.54) is 19.3 Å². The standard InChI is InChI=1S/C17H28N2O2/c1-4-5-6-7-12-19-17(2,3)13-21-16(20)14-8-10-15(18)11-9-14/h8-11,19H,4-7,12-13,18H2,1-3H3. The van der Waals surface area contributed by atoms with E-state index in [1.54, 1.807) is 24.3 Å². The second-order valence-electron chi connectivity index (χ2n) is 6.07. The van der Waals surface area contributed by atoms with E-state index in [0.29, 0.717) is 17.9 Å². The second kappa shape index (κ2) is 8.67. The van der Waals surface area contributed by atoms with Crippen LogP contribution in [0.5, 0.6) is 0 Å². The van der Waals surface area contributed by atoms with Crippen LogP contribution < -0.4 is 11.1 Å². The molecule has 4 heteroatoms. The third-order valence-electron chi connectivity index (χ3n) is 3.34. The van der Waals surface area contributed by atoms with Gasteiger partial charge in [0.1, 0.15) is 6.61 Å². The van der Waals surface area contributed by atoms with Crippen LogP contribution in [-0.4, -0.2) is 24.7 Å². The van der Waals surface area contributed by atoms with Crippen LogP contribution in [0, 0.1) is 0 Å². The number of hydrogen-bond donors (Lipinski definition) is 2. The molecule has 0 radical (unpaired) electrons. The van der Waals surface area contributed by atoms with Gasteiger partial charge in [-0.3, -0.25) is 0 Å². The lowest BCUT2D eigenvalue weighted by Gasteiger charge is -2.26. The fourth-order valence-corrected chi connectivity index (χ4v) is 1.98. The first-order chi connectivity index (χ1) is 9.94. The molecule has 0 spiro atoms. The smallest absolute Gasteiger partial charge is 0.338 e. The number of rotatable bonds is 9. The third kappa shape index (κ3) is 7.14. The first-order valence-electron chi connectivity index (χ1n) is 7.72. The molecule has 3 N–H and O–H groups in total. The number of ether oxygens (including phenoxy) is 1. The summed E-state index contributed by atoms with van der Waals surface area (Å²) in [4.78, 5) is 11.9. The lowest BCUT2D eigenvalue weighted by molar-refractivity contribution is 0.0400. The van der Waals surface area contributed by atoms with Gasteiger partial charge >= 0.3 is 5.97 Å². The van der Waals surface area contributed by atoms with Gasteiger partial charge in [-0.05, 0) is 51.1 Å². The zero-order valence-electron chi connectivity index (χ0n) is 13.4. The summed E-state index contributed by atoms with van der Waals surface area (Å²) >= 11 is 0. The Labute approximate surface area is 128 Å². The van der Waals surface area contributed by atoms with E-state index in [2.05, 4.69) is 12.2 Å². The number of nitrogens with two attached hydrogens (primary N) is 1. The van der Waals surface area contributed by atoms with E-state index < -0.39 is 0 Å². The minimum Gasteiger partial charge on any atom is -0.460 e. The van der Waals surface area contributed by atoms with E-state index >= 15 is 0 Å². The Hall–Kier alpha value is -1.55. The normalized spacial score (nSPS) is 11.4. The molecule has 0 aromatic heterocycles. The average molecular weight is 292 g/mol. The van der Waals surface area contributed by atoms with Crippen molar-refractivity contribution in [1.82, 2.24) is 5.32 Å². The van der Waals surface area contributed by atoms with Crippen molar-refractivity contribution in [2.45, 2.75) is 52.0 Å². The quantitative estimate of drug-likeness (QED) is 0.416. The third-order valence-corrected chi connectivity index (χ3v) is 3.34. The topological polar surface area (TPSA) is 64.3 Å². The summed E-state index contributed by atoms with van der Waals surface area (Å²) in [6, 6.07) is 6.77. The molecule has 1 rings (SSSR count). The van der Waals surface area contributed by atoms with Crippen LogP contribution in [0.3, 0.4) is 0 Å². The van der Waals surface area contributed by atoms with Crippen molar-refractivity contribution in [3.63, 3.8) is 0 Å². The van der Waals surface area contributed by atoms with Gasteiger partial charge in [-0.15, -0.1) is 0 Å². The van der Waals surface area contributed by atoms with Crippen LogP contribution in [0.1, 0.15) is 56.8 Å². The predicted octanol–water partition coefficient (Wildman–Crippen LogP) is 3.37. The van der Waals surface area contributed by atoms with Crippen molar-refractivity contribution in [3.8, 4) is 0 Å². The van der Waals surface area contributed by atoms with Crippen molar-refractivity contribution in [2.75, 3.05) is 18.9 Å². The minimum absolute atomic E-state index is 0.213. The van der Waals surface area contributed by atoms with E-state index in [0.717, 1.165) is 13.0 Å². The number of hydrogen-bond acceptors (Lipinski definition) is 4. The van der Waals surface area contributed by atoms with Crippen LogP contribution >= 0.6 is 0 Å². The summed E-state index contributed by atoms with van der Waals surface area (Å²) in [5, 5.41) is 3.44. The maximum Gasteiger partial charge on any atom is 0.338 e. The average Bonchev–Trinajstić information content (AvgIpc) is 2.45.